The quantitative estimate of drug-likeness (QED) is 0.210. The van der Waals surface area contributed by atoms with Crippen molar-refractivity contribution in [3.8, 4) is 0 Å². The summed E-state index contributed by atoms with van der Waals surface area (Å²) in [6.07, 6.45) is 0.638. The zero-order valence-corrected chi connectivity index (χ0v) is 15.6. The van der Waals surface area contributed by atoms with Gasteiger partial charge in [-0.05, 0) is 52.1 Å². The van der Waals surface area contributed by atoms with Crippen LogP contribution in [0.5, 0.6) is 0 Å². The van der Waals surface area contributed by atoms with Crippen molar-refractivity contribution < 1.29 is 22.8 Å². The second-order valence-electron chi connectivity index (χ2n) is 5.01. The van der Waals surface area contributed by atoms with Gasteiger partial charge in [-0.15, -0.1) is 0 Å². The number of rotatable bonds is 8. The number of aliphatic imine (C=N–C) groups is 1. The third kappa shape index (κ3) is 5.52. The lowest BCUT2D eigenvalue weighted by Gasteiger charge is -2.06. The van der Waals surface area contributed by atoms with Crippen molar-refractivity contribution in [2.24, 2.45) is 4.99 Å². The highest BCUT2D eigenvalue weighted by molar-refractivity contribution is 9.10. The van der Waals surface area contributed by atoms with Crippen LogP contribution in [0.1, 0.15) is 17.8 Å². The largest absolute Gasteiger partial charge is 0.290 e. The Bertz CT molecular complexity index is 890. The van der Waals surface area contributed by atoms with Gasteiger partial charge >= 0.3 is 0 Å². The standard InChI is InChI=1S/C13H15BrF2N6O3S/c14-9-6-8(3-4-10(9)16)19-13(20-23)12-11(21-25-22-12)2-1-5-18-26(17,24)7-15/h3-4,6,23H,1-2,5,7H2,(H,19,20)(H2,17,18,24). The van der Waals surface area contributed by atoms with Crippen LogP contribution in [-0.4, -0.2) is 38.1 Å². The molecule has 0 spiro atoms. The van der Waals surface area contributed by atoms with Crippen molar-refractivity contribution in [2.45, 2.75) is 12.8 Å². The number of alkyl halides is 1. The van der Waals surface area contributed by atoms with Gasteiger partial charge in [0.15, 0.2) is 17.5 Å². The van der Waals surface area contributed by atoms with E-state index in [9.17, 15) is 18.2 Å². The molecule has 0 bridgehead atoms. The van der Waals surface area contributed by atoms with E-state index in [0.717, 1.165) is 0 Å². The number of benzene rings is 1. The molecule has 0 amide bonds. The first-order valence-electron chi connectivity index (χ1n) is 7.19. The molecule has 0 fully saturated rings. The first-order valence-corrected chi connectivity index (χ1v) is 9.71. The molecule has 1 aromatic heterocycles. The zero-order chi connectivity index (χ0) is 19.2. The molecular formula is C13H15BrF2N6O3S. The van der Waals surface area contributed by atoms with Crippen LogP contribution in [0, 0.1) is 10.6 Å². The lowest BCUT2D eigenvalue weighted by atomic mass is 10.2. The molecule has 13 heteroatoms. The fourth-order valence-corrected chi connectivity index (χ4v) is 2.81. The van der Waals surface area contributed by atoms with Gasteiger partial charge in [-0.1, -0.05) is 5.16 Å². The average molecular weight is 453 g/mol. The number of hydroxylamine groups is 1. The molecule has 9 nitrogen and oxygen atoms in total. The van der Waals surface area contributed by atoms with E-state index in [2.05, 4.69) is 40.6 Å². The number of hydrogen-bond acceptors (Lipinski definition) is 7. The van der Waals surface area contributed by atoms with Crippen LogP contribution < -0.4 is 10.2 Å². The minimum atomic E-state index is -3.43. The zero-order valence-electron chi connectivity index (χ0n) is 13.2. The topological polar surface area (TPSA) is 136 Å². The summed E-state index contributed by atoms with van der Waals surface area (Å²) in [4.78, 5) is 4.12. The summed E-state index contributed by atoms with van der Waals surface area (Å²) in [7, 11) is -3.43. The number of aromatic nitrogens is 2. The summed E-state index contributed by atoms with van der Waals surface area (Å²) >= 11 is 3.04. The third-order valence-corrected chi connectivity index (χ3v) is 4.70. The van der Waals surface area contributed by atoms with E-state index < -0.39 is 21.7 Å². The Labute approximate surface area is 156 Å². The molecule has 0 aliphatic rings. The second kappa shape index (κ2) is 9.12. The number of nitrogens with zero attached hydrogens (tertiary/aromatic N) is 3. The summed E-state index contributed by atoms with van der Waals surface area (Å²) in [5.41, 5.74) is 2.69. The van der Waals surface area contributed by atoms with E-state index in [1.54, 1.807) is 0 Å². The van der Waals surface area contributed by atoms with Crippen LogP contribution in [0.3, 0.4) is 0 Å². The Morgan fingerprint density at radius 1 is 1.46 bits per heavy atom. The van der Waals surface area contributed by atoms with Crippen molar-refractivity contribution in [1.82, 2.24) is 20.5 Å². The Hall–Kier alpha value is -1.96. The molecule has 1 heterocycles. The number of nitrogens with one attached hydrogen (secondary N) is 3. The van der Waals surface area contributed by atoms with Gasteiger partial charge in [-0.3, -0.25) is 10.7 Å². The normalized spacial score (nSPS) is 14.2. The number of aryl methyl sites for hydroxylation is 1. The molecule has 0 saturated carbocycles. The summed E-state index contributed by atoms with van der Waals surface area (Å²) < 4.78 is 51.1. The molecule has 26 heavy (non-hydrogen) atoms. The van der Waals surface area contributed by atoms with Crippen molar-refractivity contribution in [3.63, 3.8) is 0 Å². The van der Waals surface area contributed by atoms with E-state index >= 15 is 0 Å². The predicted molar refractivity (Wildman–Crippen MR) is 92.7 cm³/mol. The van der Waals surface area contributed by atoms with Crippen LogP contribution in [0.4, 0.5) is 14.5 Å². The van der Waals surface area contributed by atoms with E-state index in [0.29, 0.717) is 17.8 Å². The summed E-state index contributed by atoms with van der Waals surface area (Å²) in [5, 5.41) is 16.7. The highest BCUT2D eigenvalue weighted by Crippen LogP contribution is 2.22. The fraction of sp³-hybridized carbons (Fsp3) is 0.308. The smallest absolute Gasteiger partial charge is 0.186 e. The van der Waals surface area contributed by atoms with Gasteiger partial charge in [0, 0.05) is 6.54 Å². The number of hydrogen-bond donors (Lipinski definition) is 4. The molecule has 1 aromatic carbocycles. The molecule has 0 aliphatic carbocycles. The van der Waals surface area contributed by atoms with Crippen LogP contribution in [0.2, 0.25) is 0 Å². The van der Waals surface area contributed by atoms with Gasteiger partial charge in [0.1, 0.15) is 21.4 Å². The molecule has 2 aromatic rings. The minimum Gasteiger partial charge on any atom is -0.290 e. The minimum absolute atomic E-state index is 0.0687. The SMILES string of the molecule is N=S(=O)(CF)NCCCc1nonc1C(=Nc1ccc(F)c(Br)c1)NO. The van der Waals surface area contributed by atoms with Crippen LogP contribution in [-0.2, 0) is 16.3 Å². The Morgan fingerprint density at radius 2 is 2.23 bits per heavy atom. The molecule has 0 radical (unpaired) electrons. The van der Waals surface area contributed by atoms with E-state index in [4.69, 9.17) is 4.78 Å². The molecule has 1 unspecified atom stereocenters. The molecule has 0 aliphatic heterocycles. The molecule has 142 valence electrons. The Morgan fingerprint density at radius 3 is 2.88 bits per heavy atom. The first kappa shape index (κ1) is 20.4. The summed E-state index contributed by atoms with van der Waals surface area (Å²) in [6.45, 7) is 0.114. The maximum absolute atomic E-state index is 13.3. The lowest BCUT2D eigenvalue weighted by Crippen LogP contribution is -2.25. The Balaban J connectivity index is 2.11. The van der Waals surface area contributed by atoms with Crippen LogP contribution >= 0.6 is 15.9 Å². The van der Waals surface area contributed by atoms with Gasteiger partial charge in [0.25, 0.3) is 0 Å². The molecule has 4 N–H and O–H groups in total. The van der Waals surface area contributed by atoms with Gasteiger partial charge in [0.2, 0.25) is 0 Å². The van der Waals surface area contributed by atoms with Gasteiger partial charge in [0.05, 0.1) is 10.2 Å². The maximum atomic E-state index is 13.3. The van der Waals surface area contributed by atoms with Crippen molar-refractivity contribution in [1.29, 1.82) is 4.78 Å². The number of amidine groups is 1. The fourth-order valence-electron chi connectivity index (χ4n) is 1.90. The predicted octanol–water partition coefficient (Wildman–Crippen LogP) is 2.44. The van der Waals surface area contributed by atoms with Gasteiger partial charge in [-0.2, -0.15) is 0 Å². The van der Waals surface area contributed by atoms with E-state index in [1.165, 1.54) is 18.2 Å². The van der Waals surface area contributed by atoms with Gasteiger partial charge < -0.3 is 0 Å². The third-order valence-electron chi connectivity index (χ3n) is 3.11. The molecule has 0 saturated heterocycles. The monoisotopic (exact) mass is 452 g/mol. The molecular weight excluding hydrogens is 438 g/mol. The van der Waals surface area contributed by atoms with Crippen molar-refractivity contribution >= 4 is 37.4 Å². The van der Waals surface area contributed by atoms with Gasteiger partial charge in [-0.25, -0.2) is 32.1 Å². The van der Waals surface area contributed by atoms with Crippen molar-refractivity contribution in [3.05, 3.63) is 39.9 Å². The summed E-state index contributed by atoms with van der Waals surface area (Å²) in [6, 6.07) is 2.74. The average Bonchev–Trinajstić information content (AvgIpc) is 3.08. The molecule has 2 rings (SSSR count). The van der Waals surface area contributed by atoms with Crippen LogP contribution in [0.25, 0.3) is 0 Å². The molecule has 1 atom stereocenters. The first-order chi connectivity index (χ1) is 12.4. The highest BCUT2D eigenvalue weighted by atomic mass is 79.9. The second-order valence-corrected chi connectivity index (χ2v) is 7.72. The Kier molecular flexibility index (Phi) is 7.14. The summed E-state index contributed by atoms with van der Waals surface area (Å²) in [5.74, 6) is -0.529. The highest BCUT2D eigenvalue weighted by Gasteiger charge is 2.16. The van der Waals surface area contributed by atoms with Crippen molar-refractivity contribution in [2.75, 3.05) is 12.6 Å². The van der Waals surface area contributed by atoms with E-state index in [-0.39, 0.29) is 29.0 Å². The lowest BCUT2D eigenvalue weighted by molar-refractivity contribution is 0.234. The maximum Gasteiger partial charge on any atom is 0.186 e. The number of halogens is 3. The van der Waals surface area contributed by atoms with E-state index in [1.807, 2.05) is 5.48 Å². The van der Waals surface area contributed by atoms with Crippen LogP contribution in [0.15, 0.2) is 32.3 Å².